The minimum absolute atomic E-state index is 0.0592. The number of hydrogen-bond acceptors (Lipinski definition) is 3. The molecule has 2 fully saturated rings. The summed E-state index contributed by atoms with van der Waals surface area (Å²) in [4.78, 5) is 42.8. The zero-order valence-corrected chi connectivity index (χ0v) is 21.5. The maximum atomic E-state index is 13.7. The van der Waals surface area contributed by atoms with E-state index in [1.165, 1.54) is 4.90 Å². The summed E-state index contributed by atoms with van der Waals surface area (Å²) in [6.07, 6.45) is 4.43. The van der Waals surface area contributed by atoms with Crippen LogP contribution in [0, 0.1) is 11.8 Å². The van der Waals surface area contributed by atoms with Gasteiger partial charge in [-0.05, 0) is 62.4 Å². The summed E-state index contributed by atoms with van der Waals surface area (Å²) in [6, 6.07) is 16.0. The van der Waals surface area contributed by atoms with Crippen molar-refractivity contribution >= 4 is 35.0 Å². The van der Waals surface area contributed by atoms with Crippen molar-refractivity contribution in [3.05, 3.63) is 64.7 Å². The minimum Gasteiger partial charge on any atom is -0.306 e. The van der Waals surface area contributed by atoms with E-state index >= 15 is 0 Å². The molecule has 0 unspecified atom stereocenters. The van der Waals surface area contributed by atoms with E-state index in [2.05, 4.69) is 39.0 Å². The van der Waals surface area contributed by atoms with Crippen LogP contribution in [0.15, 0.2) is 48.5 Å². The van der Waals surface area contributed by atoms with Gasteiger partial charge >= 0.3 is 0 Å². The number of hydrogen-bond donors (Lipinski definition) is 0. The van der Waals surface area contributed by atoms with Crippen molar-refractivity contribution in [1.29, 1.82) is 0 Å². The second-order valence-corrected chi connectivity index (χ2v) is 11.6. The lowest BCUT2D eigenvalue weighted by Crippen LogP contribution is -2.56. The molecule has 0 aromatic heterocycles. The molecule has 6 heteroatoms. The van der Waals surface area contributed by atoms with Gasteiger partial charge in [0, 0.05) is 34.6 Å². The fourth-order valence-corrected chi connectivity index (χ4v) is 6.94. The number of fused-ring (bicyclic) bond motifs is 2. The average Bonchev–Trinajstić information content (AvgIpc) is 3.07. The Morgan fingerprint density at radius 2 is 1.54 bits per heavy atom. The number of imide groups is 1. The third-order valence-corrected chi connectivity index (χ3v) is 8.60. The van der Waals surface area contributed by atoms with Gasteiger partial charge in [0.05, 0.1) is 11.8 Å². The molecule has 2 aromatic carbocycles. The van der Waals surface area contributed by atoms with Gasteiger partial charge in [-0.25, -0.2) is 0 Å². The lowest BCUT2D eigenvalue weighted by Gasteiger charge is -2.51. The molecule has 0 radical (unpaired) electrons. The number of benzene rings is 2. The number of amides is 3. The van der Waals surface area contributed by atoms with Crippen LogP contribution in [0.4, 0.5) is 5.69 Å². The van der Waals surface area contributed by atoms with E-state index in [1.54, 1.807) is 0 Å². The van der Waals surface area contributed by atoms with Gasteiger partial charge < -0.3 is 4.90 Å². The first-order valence-corrected chi connectivity index (χ1v) is 13.1. The lowest BCUT2D eigenvalue weighted by molar-refractivity contribution is -0.140. The number of anilines is 1. The van der Waals surface area contributed by atoms with E-state index in [9.17, 15) is 14.4 Å². The molecule has 0 N–H and O–H groups in total. The smallest absolute Gasteiger partial charge is 0.233 e. The molecule has 1 saturated carbocycles. The molecule has 3 amide bonds. The molecule has 1 aliphatic carbocycles. The normalized spacial score (nSPS) is 27.5. The van der Waals surface area contributed by atoms with Gasteiger partial charge in [-0.15, -0.1) is 0 Å². The standard InChI is InChI=1S/C29H33ClN2O3/c1-28(2)18-29(3,19-12-14-20(30)15-13-19)23-10-6-7-11-24(23)32(28)25(33)16-17-31-26(34)21-8-4-5-9-22(21)27(31)35/h6-7,10-15,21-22H,4-5,8-9,16-18H2,1-3H3/t21-,22-,29-/m1/s1. The number of nitrogens with zero attached hydrogens (tertiary/aromatic N) is 2. The van der Waals surface area contributed by atoms with Gasteiger partial charge in [0.1, 0.15) is 0 Å². The highest BCUT2D eigenvalue weighted by Crippen LogP contribution is 2.50. The van der Waals surface area contributed by atoms with E-state index in [4.69, 9.17) is 11.6 Å². The Kier molecular flexibility index (Phi) is 6.03. The van der Waals surface area contributed by atoms with Gasteiger partial charge in [-0.3, -0.25) is 19.3 Å². The van der Waals surface area contributed by atoms with Crippen LogP contribution in [0.25, 0.3) is 0 Å². The number of halogens is 1. The lowest BCUT2D eigenvalue weighted by atomic mass is 9.65. The molecular formula is C29H33ClN2O3. The second kappa shape index (κ2) is 8.77. The highest BCUT2D eigenvalue weighted by molar-refractivity contribution is 6.30. The molecule has 5 nitrogen and oxygen atoms in total. The quantitative estimate of drug-likeness (QED) is 0.512. The number of carbonyl (C=O) groups is 3. The van der Waals surface area contributed by atoms with Gasteiger partial charge in [-0.2, -0.15) is 0 Å². The minimum atomic E-state index is -0.465. The molecule has 3 atom stereocenters. The summed E-state index contributed by atoms with van der Waals surface area (Å²) in [7, 11) is 0. The predicted molar refractivity (Wildman–Crippen MR) is 137 cm³/mol. The van der Waals surface area contributed by atoms with E-state index in [-0.39, 0.29) is 47.9 Å². The largest absolute Gasteiger partial charge is 0.306 e. The van der Waals surface area contributed by atoms with Gasteiger partial charge in [0.25, 0.3) is 0 Å². The van der Waals surface area contributed by atoms with E-state index < -0.39 is 5.54 Å². The van der Waals surface area contributed by atoms with Gasteiger partial charge in [-0.1, -0.05) is 61.7 Å². The topological polar surface area (TPSA) is 57.7 Å². The van der Waals surface area contributed by atoms with Crippen molar-refractivity contribution < 1.29 is 14.4 Å². The van der Waals surface area contributed by atoms with Crippen LogP contribution in [-0.2, 0) is 19.8 Å². The SMILES string of the molecule is CC1(C)C[C@](C)(c2ccc(Cl)cc2)c2ccccc2N1C(=O)CCN1C(=O)[C@@H]2CCCC[C@H]2C1=O. The monoisotopic (exact) mass is 492 g/mol. The van der Waals surface area contributed by atoms with E-state index in [0.29, 0.717) is 5.02 Å². The predicted octanol–water partition coefficient (Wildman–Crippen LogP) is 5.73. The van der Waals surface area contributed by atoms with Gasteiger partial charge in [0.15, 0.2) is 0 Å². The third-order valence-electron chi connectivity index (χ3n) is 8.34. The Labute approximate surface area is 212 Å². The fraction of sp³-hybridized carbons (Fsp3) is 0.483. The first kappa shape index (κ1) is 24.1. The molecule has 3 aliphatic rings. The molecule has 0 spiro atoms. The highest BCUT2D eigenvalue weighted by Gasteiger charge is 2.50. The van der Waals surface area contributed by atoms with Crippen molar-refractivity contribution in [3.63, 3.8) is 0 Å². The maximum absolute atomic E-state index is 13.7. The van der Waals surface area contributed by atoms with Crippen LogP contribution >= 0.6 is 11.6 Å². The molecular weight excluding hydrogens is 460 g/mol. The summed E-state index contributed by atoms with van der Waals surface area (Å²) in [6.45, 7) is 6.57. The van der Waals surface area contributed by atoms with Crippen molar-refractivity contribution in [2.75, 3.05) is 11.4 Å². The Hall–Kier alpha value is -2.66. The maximum Gasteiger partial charge on any atom is 0.233 e. The van der Waals surface area contributed by atoms with Gasteiger partial charge in [0.2, 0.25) is 17.7 Å². The fourth-order valence-electron chi connectivity index (χ4n) is 6.82. The van der Waals surface area contributed by atoms with Crippen molar-refractivity contribution in [1.82, 2.24) is 4.90 Å². The first-order valence-electron chi connectivity index (χ1n) is 12.7. The average molecular weight is 493 g/mol. The molecule has 5 rings (SSSR count). The molecule has 2 aromatic rings. The summed E-state index contributed by atoms with van der Waals surface area (Å²) in [5.74, 6) is -0.588. The zero-order chi connectivity index (χ0) is 25.0. The highest BCUT2D eigenvalue weighted by atomic mass is 35.5. The molecule has 0 bridgehead atoms. The molecule has 2 aliphatic heterocycles. The second-order valence-electron chi connectivity index (χ2n) is 11.2. The van der Waals surface area contributed by atoms with E-state index in [1.807, 2.05) is 35.2 Å². The van der Waals surface area contributed by atoms with Crippen molar-refractivity contribution in [2.24, 2.45) is 11.8 Å². The Balaban J connectivity index is 1.42. The van der Waals surface area contributed by atoms with Crippen molar-refractivity contribution in [3.8, 4) is 0 Å². The Morgan fingerprint density at radius 3 is 2.17 bits per heavy atom. The van der Waals surface area contributed by atoms with Crippen LogP contribution in [0.3, 0.4) is 0 Å². The van der Waals surface area contributed by atoms with Crippen molar-refractivity contribution in [2.45, 2.75) is 70.3 Å². The van der Waals surface area contributed by atoms with Crippen LogP contribution in [0.2, 0.25) is 5.02 Å². The molecule has 2 heterocycles. The number of carbonyl (C=O) groups excluding carboxylic acids is 3. The third kappa shape index (κ3) is 3.98. The number of likely N-dealkylation sites (tertiary alicyclic amines) is 1. The van der Waals surface area contributed by atoms with Crippen LogP contribution < -0.4 is 4.90 Å². The first-order chi connectivity index (χ1) is 16.6. The number of para-hydroxylation sites is 1. The molecule has 184 valence electrons. The Morgan fingerprint density at radius 1 is 0.943 bits per heavy atom. The zero-order valence-electron chi connectivity index (χ0n) is 20.7. The number of rotatable bonds is 4. The summed E-state index contributed by atoms with van der Waals surface area (Å²) in [5.41, 5.74) is 2.38. The Bertz CT molecular complexity index is 1150. The van der Waals surface area contributed by atoms with Crippen LogP contribution in [-0.4, -0.2) is 34.7 Å². The van der Waals surface area contributed by atoms with Crippen LogP contribution in [0.1, 0.15) is 70.4 Å². The van der Waals surface area contributed by atoms with E-state index in [0.717, 1.165) is 48.9 Å². The van der Waals surface area contributed by atoms with Crippen LogP contribution in [0.5, 0.6) is 0 Å². The summed E-state index contributed by atoms with van der Waals surface area (Å²) < 4.78 is 0. The summed E-state index contributed by atoms with van der Waals surface area (Å²) in [5, 5.41) is 0.698. The summed E-state index contributed by atoms with van der Waals surface area (Å²) >= 11 is 6.16. The molecule has 1 saturated heterocycles. The molecule has 35 heavy (non-hydrogen) atoms.